The van der Waals surface area contributed by atoms with Gasteiger partial charge in [0.2, 0.25) is 0 Å². The van der Waals surface area contributed by atoms with Crippen molar-refractivity contribution in [3.05, 3.63) is 78.4 Å². The number of hydrogen-bond donors (Lipinski definition) is 2. The highest BCUT2D eigenvalue weighted by Gasteiger charge is 2.07. The first kappa shape index (κ1) is 19.2. The number of aromatic nitrogens is 2. The Balaban J connectivity index is 1.45. The molecule has 0 bridgehead atoms. The first-order valence-electron chi connectivity index (χ1n) is 8.87. The molecule has 0 saturated heterocycles. The van der Waals surface area contributed by atoms with Crippen LogP contribution in [0.25, 0.3) is 0 Å². The maximum absolute atomic E-state index is 12.3. The Morgan fingerprint density at radius 2 is 1.86 bits per heavy atom. The molecule has 0 aliphatic heterocycles. The van der Waals surface area contributed by atoms with Crippen molar-refractivity contribution in [1.29, 1.82) is 0 Å². The molecule has 3 aromatic rings. The minimum absolute atomic E-state index is 0.186. The number of methoxy groups -OCH3 is 1. The van der Waals surface area contributed by atoms with Gasteiger partial charge in [0, 0.05) is 37.9 Å². The SMILES string of the molecule is COc1ccc(OCCNc2cncc(C(=O)NCc3cccnc3)c2)cc1. The molecule has 0 unspecified atom stereocenters. The van der Waals surface area contributed by atoms with Gasteiger partial charge in [-0.1, -0.05) is 6.07 Å². The van der Waals surface area contributed by atoms with Crippen molar-refractivity contribution in [2.24, 2.45) is 0 Å². The van der Waals surface area contributed by atoms with Crippen LogP contribution in [0.15, 0.2) is 67.3 Å². The number of benzene rings is 1. The van der Waals surface area contributed by atoms with E-state index in [1.807, 2.05) is 36.4 Å². The van der Waals surface area contributed by atoms with Crippen molar-refractivity contribution in [3.63, 3.8) is 0 Å². The van der Waals surface area contributed by atoms with Crippen LogP contribution in [0.4, 0.5) is 5.69 Å². The van der Waals surface area contributed by atoms with Crippen LogP contribution in [0.3, 0.4) is 0 Å². The number of pyridine rings is 2. The van der Waals surface area contributed by atoms with Crippen molar-refractivity contribution < 1.29 is 14.3 Å². The normalized spacial score (nSPS) is 10.2. The van der Waals surface area contributed by atoms with E-state index in [4.69, 9.17) is 9.47 Å². The van der Waals surface area contributed by atoms with Gasteiger partial charge >= 0.3 is 0 Å². The molecule has 7 nitrogen and oxygen atoms in total. The zero-order valence-electron chi connectivity index (χ0n) is 15.6. The van der Waals surface area contributed by atoms with Gasteiger partial charge in [0.15, 0.2) is 0 Å². The molecular formula is C21H22N4O3. The van der Waals surface area contributed by atoms with Crippen LogP contribution in [-0.4, -0.2) is 36.1 Å². The average Bonchev–Trinajstić information content (AvgIpc) is 2.76. The van der Waals surface area contributed by atoms with E-state index in [-0.39, 0.29) is 5.91 Å². The fourth-order valence-electron chi connectivity index (χ4n) is 2.48. The summed E-state index contributed by atoms with van der Waals surface area (Å²) in [7, 11) is 1.63. The molecule has 7 heteroatoms. The lowest BCUT2D eigenvalue weighted by Crippen LogP contribution is -2.23. The van der Waals surface area contributed by atoms with Crippen LogP contribution in [0, 0.1) is 0 Å². The van der Waals surface area contributed by atoms with Crippen molar-refractivity contribution in [2.45, 2.75) is 6.54 Å². The summed E-state index contributed by atoms with van der Waals surface area (Å²) in [6.07, 6.45) is 6.63. The molecule has 28 heavy (non-hydrogen) atoms. The number of carbonyl (C=O) groups is 1. The maximum atomic E-state index is 12.3. The Bertz CT molecular complexity index is 886. The van der Waals surface area contributed by atoms with Gasteiger partial charge in [0.1, 0.15) is 18.1 Å². The van der Waals surface area contributed by atoms with E-state index in [1.165, 1.54) is 6.20 Å². The highest BCUT2D eigenvalue weighted by Crippen LogP contribution is 2.17. The Morgan fingerprint density at radius 3 is 2.61 bits per heavy atom. The number of nitrogens with one attached hydrogen (secondary N) is 2. The number of anilines is 1. The molecule has 0 spiro atoms. The fourth-order valence-corrected chi connectivity index (χ4v) is 2.48. The molecule has 2 heterocycles. The Morgan fingerprint density at radius 1 is 1.04 bits per heavy atom. The van der Waals surface area contributed by atoms with E-state index >= 15 is 0 Å². The van der Waals surface area contributed by atoms with Gasteiger partial charge < -0.3 is 20.1 Å². The van der Waals surface area contributed by atoms with Gasteiger partial charge in [0.25, 0.3) is 5.91 Å². The second-order valence-corrected chi connectivity index (χ2v) is 5.96. The van der Waals surface area contributed by atoms with Crippen LogP contribution in [0.5, 0.6) is 11.5 Å². The van der Waals surface area contributed by atoms with Crippen LogP contribution < -0.4 is 20.1 Å². The molecule has 3 rings (SSSR count). The third-order valence-corrected chi connectivity index (χ3v) is 3.94. The lowest BCUT2D eigenvalue weighted by molar-refractivity contribution is 0.0950. The number of carbonyl (C=O) groups excluding carboxylic acids is 1. The van der Waals surface area contributed by atoms with E-state index in [0.717, 1.165) is 22.7 Å². The van der Waals surface area contributed by atoms with E-state index in [1.54, 1.807) is 31.8 Å². The highest BCUT2D eigenvalue weighted by molar-refractivity contribution is 5.94. The molecule has 1 aromatic carbocycles. The molecule has 144 valence electrons. The molecular weight excluding hydrogens is 356 g/mol. The average molecular weight is 378 g/mol. The van der Waals surface area contributed by atoms with Crippen molar-refractivity contribution >= 4 is 11.6 Å². The number of rotatable bonds is 9. The standard InChI is InChI=1S/C21H22N4O3/c1-27-19-4-6-20(7-5-19)28-10-9-24-18-11-17(14-23-15-18)21(26)25-13-16-3-2-8-22-12-16/h2-8,11-12,14-15,24H,9-10,13H2,1H3,(H,25,26). The topological polar surface area (TPSA) is 85.4 Å². The van der Waals surface area contributed by atoms with Gasteiger partial charge in [-0.3, -0.25) is 14.8 Å². The van der Waals surface area contributed by atoms with Gasteiger partial charge in [-0.15, -0.1) is 0 Å². The summed E-state index contributed by atoms with van der Waals surface area (Å²) in [5.74, 6) is 1.37. The zero-order chi connectivity index (χ0) is 19.6. The van der Waals surface area contributed by atoms with Gasteiger partial charge in [-0.2, -0.15) is 0 Å². The monoisotopic (exact) mass is 378 g/mol. The smallest absolute Gasteiger partial charge is 0.253 e. The lowest BCUT2D eigenvalue weighted by atomic mass is 10.2. The number of amides is 1. The molecule has 0 fully saturated rings. The minimum atomic E-state index is -0.186. The summed E-state index contributed by atoms with van der Waals surface area (Å²) in [4.78, 5) is 20.5. The maximum Gasteiger partial charge on any atom is 0.253 e. The summed E-state index contributed by atoms with van der Waals surface area (Å²) >= 11 is 0. The summed E-state index contributed by atoms with van der Waals surface area (Å²) in [6, 6.07) is 12.9. The Kier molecular flexibility index (Phi) is 6.78. The van der Waals surface area contributed by atoms with Crippen LogP contribution in [0.2, 0.25) is 0 Å². The summed E-state index contributed by atoms with van der Waals surface area (Å²) in [6.45, 7) is 1.47. The van der Waals surface area contributed by atoms with Gasteiger partial charge in [-0.05, 0) is 42.0 Å². The first-order chi connectivity index (χ1) is 13.7. The molecule has 0 saturated carbocycles. The molecule has 0 aliphatic carbocycles. The molecule has 0 atom stereocenters. The second kappa shape index (κ2) is 9.91. The van der Waals surface area contributed by atoms with Gasteiger partial charge in [0.05, 0.1) is 18.4 Å². The fraction of sp³-hybridized carbons (Fsp3) is 0.190. The predicted molar refractivity (Wildman–Crippen MR) is 107 cm³/mol. The third kappa shape index (κ3) is 5.70. The van der Waals surface area contributed by atoms with Crippen LogP contribution in [-0.2, 0) is 6.54 Å². The number of hydrogen-bond acceptors (Lipinski definition) is 6. The lowest BCUT2D eigenvalue weighted by Gasteiger charge is -2.10. The summed E-state index contributed by atoms with van der Waals surface area (Å²) in [5.41, 5.74) is 2.19. The highest BCUT2D eigenvalue weighted by atomic mass is 16.5. The van der Waals surface area contributed by atoms with E-state index in [2.05, 4.69) is 20.6 Å². The summed E-state index contributed by atoms with van der Waals surface area (Å²) < 4.78 is 10.8. The molecule has 0 radical (unpaired) electrons. The molecule has 0 aliphatic rings. The minimum Gasteiger partial charge on any atom is -0.497 e. The third-order valence-electron chi connectivity index (χ3n) is 3.94. The van der Waals surface area contributed by atoms with Gasteiger partial charge in [-0.25, -0.2) is 0 Å². The van der Waals surface area contributed by atoms with E-state index in [9.17, 15) is 4.79 Å². The second-order valence-electron chi connectivity index (χ2n) is 5.96. The quantitative estimate of drug-likeness (QED) is 0.557. The number of nitrogens with zero attached hydrogens (tertiary/aromatic N) is 2. The molecule has 1 amide bonds. The predicted octanol–water partition coefficient (Wildman–Crippen LogP) is 2.91. The van der Waals surface area contributed by atoms with Crippen LogP contribution >= 0.6 is 0 Å². The Labute approximate surface area is 163 Å². The summed E-state index contributed by atoms with van der Waals surface area (Å²) in [5, 5.41) is 6.06. The molecule has 2 N–H and O–H groups in total. The van der Waals surface area contributed by atoms with Crippen molar-refractivity contribution in [3.8, 4) is 11.5 Å². The van der Waals surface area contributed by atoms with Crippen molar-refractivity contribution in [2.75, 3.05) is 25.6 Å². The molecule has 2 aromatic heterocycles. The van der Waals surface area contributed by atoms with E-state index < -0.39 is 0 Å². The largest absolute Gasteiger partial charge is 0.497 e. The number of ether oxygens (including phenoxy) is 2. The van der Waals surface area contributed by atoms with Crippen LogP contribution in [0.1, 0.15) is 15.9 Å². The first-order valence-corrected chi connectivity index (χ1v) is 8.87. The Hall–Kier alpha value is -3.61. The van der Waals surface area contributed by atoms with E-state index in [0.29, 0.717) is 25.3 Å². The van der Waals surface area contributed by atoms with Crippen molar-refractivity contribution in [1.82, 2.24) is 15.3 Å². The zero-order valence-corrected chi connectivity index (χ0v) is 15.6.